The Bertz CT molecular complexity index is 2140. The van der Waals surface area contributed by atoms with Gasteiger partial charge in [0.2, 0.25) is 6.29 Å². The lowest BCUT2D eigenvalue weighted by Crippen LogP contribution is -2.26. The van der Waals surface area contributed by atoms with Crippen molar-refractivity contribution in [2.75, 3.05) is 6.61 Å². The van der Waals surface area contributed by atoms with Crippen LogP contribution in [0, 0.1) is 0 Å². The van der Waals surface area contributed by atoms with E-state index in [1.165, 1.54) is 6.92 Å². The van der Waals surface area contributed by atoms with Gasteiger partial charge in [0.05, 0.1) is 36.3 Å². The highest BCUT2D eigenvalue weighted by Crippen LogP contribution is 2.32. The van der Waals surface area contributed by atoms with Crippen molar-refractivity contribution in [3.05, 3.63) is 114 Å². The number of carbonyl (C=O) groups is 2. The number of fused-ring (bicyclic) bond motifs is 1. The van der Waals surface area contributed by atoms with E-state index in [0.717, 1.165) is 59.9 Å². The zero-order valence-electron chi connectivity index (χ0n) is 29.2. The highest BCUT2D eigenvalue weighted by molar-refractivity contribution is 6.02. The predicted molar refractivity (Wildman–Crippen MR) is 194 cm³/mol. The van der Waals surface area contributed by atoms with E-state index in [2.05, 4.69) is 38.7 Å². The third-order valence-corrected chi connectivity index (χ3v) is 9.06. The maximum atomic E-state index is 13.5. The Morgan fingerprint density at radius 3 is 2.31 bits per heavy atom. The van der Waals surface area contributed by atoms with Gasteiger partial charge < -0.3 is 18.9 Å². The van der Waals surface area contributed by atoms with Crippen molar-refractivity contribution in [1.29, 1.82) is 0 Å². The van der Waals surface area contributed by atoms with E-state index < -0.39 is 18.4 Å². The van der Waals surface area contributed by atoms with Crippen molar-refractivity contribution >= 4 is 23.2 Å². The second-order valence-electron chi connectivity index (χ2n) is 12.7. The maximum Gasteiger partial charge on any atom is 0.511 e. The van der Waals surface area contributed by atoms with Gasteiger partial charge in [0, 0.05) is 12.5 Å². The van der Waals surface area contributed by atoms with E-state index in [9.17, 15) is 9.59 Å². The van der Waals surface area contributed by atoms with Crippen LogP contribution in [0.5, 0.6) is 6.01 Å². The van der Waals surface area contributed by atoms with E-state index in [1.807, 2.05) is 78.2 Å². The molecule has 12 nitrogen and oxygen atoms in total. The molecule has 1 saturated carbocycles. The van der Waals surface area contributed by atoms with Gasteiger partial charge in [-0.25, -0.2) is 14.3 Å². The van der Waals surface area contributed by atoms with Crippen molar-refractivity contribution in [3.63, 3.8) is 0 Å². The summed E-state index contributed by atoms with van der Waals surface area (Å²) in [6.07, 6.45) is 2.62. The minimum absolute atomic E-state index is 0.170. The van der Waals surface area contributed by atoms with Crippen LogP contribution in [0.25, 0.3) is 33.5 Å². The number of rotatable bonds is 12. The van der Waals surface area contributed by atoms with Gasteiger partial charge in [-0.3, -0.25) is 4.57 Å². The molecule has 12 heteroatoms. The number of imidazole rings is 1. The van der Waals surface area contributed by atoms with Gasteiger partial charge in [0.1, 0.15) is 6.10 Å². The number of hydrogen-bond donors (Lipinski definition) is 0. The van der Waals surface area contributed by atoms with E-state index in [4.69, 9.17) is 18.9 Å². The molecule has 0 spiro atoms. The van der Waals surface area contributed by atoms with Crippen LogP contribution in [0.3, 0.4) is 0 Å². The lowest BCUT2D eigenvalue weighted by molar-refractivity contribution is -0.0914. The fourth-order valence-electron chi connectivity index (χ4n) is 6.60. The average Bonchev–Trinajstić information content (AvgIpc) is 3.76. The smallest absolute Gasteiger partial charge is 0.465 e. The molecular formula is C40H40N6O6. The molecule has 1 aliphatic carbocycles. The lowest BCUT2D eigenvalue weighted by atomic mass is 9.98. The number of tetrazole rings is 1. The first kappa shape index (κ1) is 34.4. The third kappa shape index (κ3) is 7.80. The van der Waals surface area contributed by atoms with Crippen molar-refractivity contribution in [3.8, 4) is 28.5 Å². The van der Waals surface area contributed by atoms with Crippen LogP contribution in [0.15, 0.2) is 97.1 Å². The SMILES string of the molecule is CCOc1nc2cccc(C(=O)OC(C)OC(=O)OC3CCCCC3)c2n1Cc1ccc(-c2ccccc2-c2nnnn2Cc2ccccc2)cc1. The normalized spacial score (nSPS) is 13.8. The predicted octanol–water partition coefficient (Wildman–Crippen LogP) is 7.84. The van der Waals surface area contributed by atoms with Crippen molar-refractivity contribution in [2.45, 2.75) is 71.4 Å². The summed E-state index contributed by atoms with van der Waals surface area (Å²) in [7, 11) is 0. The molecule has 2 heterocycles. The molecule has 1 atom stereocenters. The monoisotopic (exact) mass is 700 g/mol. The zero-order valence-corrected chi connectivity index (χ0v) is 29.2. The highest BCUT2D eigenvalue weighted by atomic mass is 16.8. The summed E-state index contributed by atoms with van der Waals surface area (Å²) in [5.41, 5.74) is 6.35. The van der Waals surface area contributed by atoms with Crippen molar-refractivity contribution in [2.24, 2.45) is 0 Å². The lowest BCUT2D eigenvalue weighted by Gasteiger charge is -2.22. The van der Waals surface area contributed by atoms with Gasteiger partial charge in [-0.15, -0.1) is 5.10 Å². The summed E-state index contributed by atoms with van der Waals surface area (Å²) in [5.74, 6) is 0.0179. The van der Waals surface area contributed by atoms with Crippen LogP contribution >= 0.6 is 0 Å². The summed E-state index contributed by atoms with van der Waals surface area (Å²) in [6, 6.07) is 31.9. The Morgan fingerprint density at radius 1 is 0.808 bits per heavy atom. The Kier molecular flexibility index (Phi) is 10.5. The van der Waals surface area contributed by atoms with Crippen LogP contribution < -0.4 is 4.74 Å². The average molecular weight is 701 g/mol. The molecule has 0 N–H and O–H groups in total. The fraction of sp³-hybridized carbons (Fsp3) is 0.300. The molecule has 0 amide bonds. The van der Waals surface area contributed by atoms with Crippen LogP contribution in [-0.4, -0.2) is 60.9 Å². The van der Waals surface area contributed by atoms with Crippen molar-refractivity contribution < 1.29 is 28.5 Å². The Labute approximate surface area is 301 Å². The minimum atomic E-state index is -1.15. The minimum Gasteiger partial charge on any atom is -0.465 e. The summed E-state index contributed by atoms with van der Waals surface area (Å²) in [4.78, 5) is 30.6. The number of para-hydroxylation sites is 1. The molecule has 0 saturated heterocycles. The summed E-state index contributed by atoms with van der Waals surface area (Å²) in [6.45, 7) is 4.68. The fourth-order valence-corrected chi connectivity index (χ4v) is 6.60. The second-order valence-corrected chi connectivity index (χ2v) is 12.7. The molecular weight excluding hydrogens is 660 g/mol. The Morgan fingerprint density at radius 2 is 1.54 bits per heavy atom. The molecule has 52 heavy (non-hydrogen) atoms. The van der Waals surface area contributed by atoms with E-state index >= 15 is 0 Å². The number of ether oxygens (including phenoxy) is 4. The molecule has 1 aliphatic rings. The number of aromatic nitrogens is 6. The molecule has 1 fully saturated rings. The molecule has 6 aromatic rings. The standard InChI is InChI=1S/C40H40N6O6/c1-3-49-39-41-35-20-12-19-34(38(47)50-27(2)51-40(48)52-31-15-8-5-9-16-31)36(35)45(39)25-29-21-23-30(24-22-29)32-17-10-11-18-33(32)37-42-43-44-46(37)26-28-13-6-4-7-14-28/h4,6-7,10-14,17-24,27,31H,3,5,8-9,15-16,25-26H2,1-2H3. The quantitative estimate of drug-likeness (QED) is 0.0919. The van der Waals surface area contributed by atoms with Gasteiger partial charge >= 0.3 is 12.1 Å². The second kappa shape index (κ2) is 15.9. The van der Waals surface area contributed by atoms with Gasteiger partial charge in [0.25, 0.3) is 6.01 Å². The number of esters is 1. The molecule has 0 radical (unpaired) electrons. The van der Waals surface area contributed by atoms with Gasteiger partial charge in [-0.2, -0.15) is 4.98 Å². The number of hydrogen-bond acceptors (Lipinski definition) is 10. The summed E-state index contributed by atoms with van der Waals surface area (Å²) in [5, 5.41) is 12.6. The molecule has 7 rings (SSSR count). The number of carbonyl (C=O) groups excluding carboxylic acids is 2. The first-order chi connectivity index (χ1) is 25.5. The number of benzene rings is 4. The van der Waals surface area contributed by atoms with E-state index in [0.29, 0.717) is 42.6 Å². The molecule has 4 aromatic carbocycles. The van der Waals surface area contributed by atoms with Crippen LogP contribution in [0.2, 0.25) is 0 Å². The number of nitrogens with zero attached hydrogens (tertiary/aromatic N) is 6. The Hall–Kier alpha value is -6.04. The van der Waals surface area contributed by atoms with Gasteiger partial charge in [0.15, 0.2) is 5.82 Å². The zero-order chi connectivity index (χ0) is 35.9. The third-order valence-electron chi connectivity index (χ3n) is 9.06. The highest BCUT2D eigenvalue weighted by Gasteiger charge is 2.25. The van der Waals surface area contributed by atoms with Crippen molar-refractivity contribution in [1.82, 2.24) is 29.8 Å². The Balaban J connectivity index is 1.11. The first-order valence-corrected chi connectivity index (χ1v) is 17.7. The van der Waals surface area contributed by atoms with Crippen LogP contribution in [0.4, 0.5) is 4.79 Å². The summed E-state index contributed by atoms with van der Waals surface area (Å²) < 4.78 is 25.9. The topological polar surface area (TPSA) is 132 Å². The largest absolute Gasteiger partial charge is 0.511 e. The molecule has 266 valence electrons. The molecule has 2 aromatic heterocycles. The van der Waals surface area contributed by atoms with E-state index in [1.54, 1.807) is 16.8 Å². The van der Waals surface area contributed by atoms with Crippen LogP contribution in [-0.2, 0) is 27.3 Å². The summed E-state index contributed by atoms with van der Waals surface area (Å²) >= 11 is 0. The van der Waals surface area contributed by atoms with Gasteiger partial charge in [-0.1, -0.05) is 91.3 Å². The maximum absolute atomic E-state index is 13.5. The molecule has 0 bridgehead atoms. The van der Waals surface area contributed by atoms with E-state index in [-0.39, 0.29) is 11.7 Å². The van der Waals surface area contributed by atoms with Crippen LogP contribution in [0.1, 0.15) is 67.4 Å². The van der Waals surface area contributed by atoms with Gasteiger partial charge in [-0.05, 0) is 77.4 Å². The molecule has 1 unspecified atom stereocenters. The molecule has 0 aliphatic heterocycles. The first-order valence-electron chi connectivity index (χ1n) is 17.7.